The molecule has 0 saturated heterocycles. The van der Waals surface area contributed by atoms with E-state index in [-0.39, 0.29) is 16.6 Å². The van der Waals surface area contributed by atoms with Crippen LogP contribution in [-0.2, 0) is 15.6 Å². The van der Waals surface area contributed by atoms with E-state index in [4.69, 9.17) is 5.73 Å². The van der Waals surface area contributed by atoms with E-state index in [1.807, 2.05) is 6.07 Å². The molecule has 2 aromatic rings. The molecule has 1 saturated carbocycles. The van der Waals surface area contributed by atoms with Gasteiger partial charge in [-0.05, 0) is 74.2 Å². The predicted octanol–water partition coefficient (Wildman–Crippen LogP) is 7.19. The van der Waals surface area contributed by atoms with Gasteiger partial charge in [0.05, 0.1) is 0 Å². The largest absolute Gasteiger partial charge is 0.399 e. The number of anilines is 3. The van der Waals surface area contributed by atoms with Crippen LogP contribution < -0.4 is 15.5 Å². The Morgan fingerprint density at radius 1 is 0.757 bits per heavy atom. The minimum atomic E-state index is -0.171. The number of rotatable bonds is 4. The highest BCUT2D eigenvalue weighted by Gasteiger charge is 2.40. The lowest BCUT2D eigenvalue weighted by molar-refractivity contribution is -0.111. The van der Waals surface area contributed by atoms with Crippen molar-refractivity contribution in [2.75, 3.05) is 28.6 Å². The van der Waals surface area contributed by atoms with Crippen molar-refractivity contribution in [1.29, 1.82) is 0 Å². The highest BCUT2D eigenvalue weighted by Crippen LogP contribution is 2.49. The van der Waals surface area contributed by atoms with Crippen LogP contribution in [0, 0.1) is 0 Å². The highest BCUT2D eigenvalue weighted by atomic mass is 16.1. The van der Waals surface area contributed by atoms with Crippen LogP contribution in [0.15, 0.2) is 89.3 Å². The number of likely N-dealkylation sites (N-methyl/N-ethyl adjacent to an activating group) is 2. The number of nitrogens with zero attached hydrogens (tertiary/aromatic N) is 2. The van der Waals surface area contributed by atoms with Gasteiger partial charge in [0.1, 0.15) is 0 Å². The average molecular weight is 494 g/mol. The van der Waals surface area contributed by atoms with Gasteiger partial charge >= 0.3 is 0 Å². The Kier molecular flexibility index (Phi) is 6.18. The molecule has 2 aromatic carbocycles. The Labute approximate surface area is 221 Å². The standard InChI is InChI=1S/C33H39N3O/c1-7-35-27-12-10-9-11-25(27)32(3,4)29(35)19-15-22-13-14-23(31(22)37)16-20-30-33(5,6)26-21-24(34)17-18-28(26)36(30)8-2/h9-12,15-21H,7-8,13-14,34H2,1-6H3/b22-15-,23-16+,29-19-,30-20+. The fraction of sp³-hybridized carbons (Fsp3) is 0.364. The maximum absolute atomic E-state index is 13.4. The second-order valence-corrected chi connectivity index (χ2v) is 11.3. The quantitative estimate of drug-likeness (QED) is 0.362. The molecule has 0 radical (unpaired) electrons. The first-order valence-electron chi connectivity index (χ1n) is 13.5. The number of hydrogen-bond acceptors (Lipinski definition) is 4. The zero-order valence-corrected chi connectivity index (χ0v) is 23.1. The van der Waals surface area contributed by atoms with Gasteiger partial charge < -0.3 is 15.5 Å². The fourth-order valence-corrected chi connectivity index (χ4v) is 6.40. The lowest BCUT2D eigenvalue weighted by atomic mass is 9.83. The van der Waals surface area contributed by atoms with Gasteiger partial charge in [-0.1, -0.05) is 58.0 Å². The summed E-state index contributed by atoms with van der Waals surface area (Å²) in [5.74, 6) is 0.172. The molecule has 0 amide bonds. The third-order valence-corrected chi connectivity index (χ3v) is 8.48. The van der Waals surface area contributed by atoms with Gasteiger partial charge in [0.25, 0.3) is 0 Å². The summed E-state index contributed by atoms with van der Waals surface area (Å²) < 4.78 is 0. The van der Waals surface area contributed by atoms with Crippen molar-refractivity contribution in [3.05, 3.63) is 100 Å². The number of Topliss-reactive ketones (excluding diaryl/α,β-unsaturated/α-hetero) is 1. The number of nitrogens with two attached hydrogens (primary N) is 1. The smallest absolute Gasteiger partial charge is 0.185 e. The summed E-state index contributed by atoms with van der Waals surface area (Å²) >= 11 is 0. The molecule has 4 nitrogen and oxygen atoms in total. The van der Waals surface area contributed by atoms with E-state index in [9.17, 15) is 4.79 Å². The van der Waals surface area contributed by atoms with Gasteiger partial charge in [-0.3, -0.25) is 4.79 Å². The van der Waals surface area contributed by atoms with Crippen LogP contribution in [0.3, 0.4) is 0 Å². The molecule has 2 heterocycles. The monoisotopic (exact) mass is 493 g/mol. The van der Waals surface area contributed by atoms with Crippen LogP contribution in [0.4, 0.5) is 17.1 Å². The van der Waals surface area contributed by atoms with Crippen molar-refractivity contribution >= 4 is 22.8 Å². The normalized spacial score (nSPS) is 24.1. The van der Waals surface area contributed by atoms with Gasteiger partial charge in [0.2, 0.25) is 0 Å². The minimum absolute atomic E-state index is 0.0928. The Bertz CT molecular complexity index is 1390. The van der Waals surface area contributed by atoms with Crippen LogP contribution in [-0.4, -0.2) is 18.9 Å². The SMILES string of the molecule is CCN1/C(=C\C=C2\CC/C(=C\C=C3\N(CC)c4ccc(N)cc4C3(C)C)C2=O)C(C)(C)c2ccccc21. The van der Waals surface area contributed by atoms with Crippen molar-refractivity contribution in [3.8, 4) is 0 Å². The molecule has 0 unspecified atom stereocenters. The maximum Gasteiger partial charge on any atom is 0.185 e. The second kappa shape index (κ2) is 9.09. The average Bonchev–Trinajstić information content (AvgIpc) is 3.41. The van der Waals surface area contributed by atoms with Crippen molar-refractivity contribution in [2.45, 2.75) is 65.2 Å². The Hall–Kier alpha value is -3.53. The Morgan fingerprint density at radius 2 is 1.27 bits per heavy atom. The first kappa shape index (κ1) is 25.1. The number of fused-ring (bicyclic) bond motifs is 2. The number of carbonyl (C=O) groups is 1. The molecular formula is C33H39N3O. The number of allylic oxidation sites excluding steroid dienone is 8. The first-order chi connectivity index (χ1) is 17.6. The molecule has 37 heavy (non-hydrogen) atoms. The summed E-state index contributed by atoms with van der Waals surface area (Å²) in [6.45, 7) is 15.1. The number of ketones is 1. The lowest BCUT2D eigenvalue weighted by Gasteiger charge is -2.26. The summed E-state index contributed by atoms with van der Waals surface area (Å²) in [6.07, 6.45) is 10.0. The van der Waals surface area contributed by atoms with Crippen LogP contribution in [0.5, 0.6) is 0 Å². The topological polar surface area (TPSA) is 49.6 Å². The van der Waals surface area contributed by atoms with Crippen molar-refractivity contribution in [2.24, 2.45) is 0 Å². The lowest BCUT2D eigenvalue weighted by Crippen LogP contribution is -2.25. The molecule has 1 aliphatic carbocycles. The van der Waals surface area contributed by atoms with Gasteiger partial charge in [-0.2, -0.15) is 0 Å². The number of benzene rings is 2. The van der Waals surface area contributed by atoms with Gasteiger partial charge in [-0.25, -0.2) is 0 Å². The summed E-state index contributed by atoms with van der Waals surface area (Å²) in [6, 6.07) is 14.8. The van der Waals surface area contributed by atoms with E-state index in [1.165, 1.54) is 33.9 Å². The molecule has 2 N–H and O–H groups in total. The van der Waals surface area contributed by atoms with Crippen molar-refractivity contribution < 1.29 is 4.79 Å². The van der Waals surface area contributed by atoms with E-state index < -0.39 is 0 Å². The number of nitrogen functional groups attached to an aromatic ring is 1. The second-order valence-electron chi connectivity index (χ2n) is 11.3. The van der Waals surface area contributed by atoms with Gasteiger partial charge in [0, 0.05) is 63.5 Å². The molecule has 0 bridgehead atoms. The van der Waals surface area contributed by atoms with Crippen LogP contribution in [0.25, 0.3) is 0 Å². The van der Waals surface area contributed by atoms with E-state index in [0.717, 1.165) is 42.8 Å². The van der Waals surface area contributed by atoms with Crippen molar-refractivity contribution in [3.63, 3.8) is 0 Å². The molecule has 1 fully saturated rings. The molecule has 5 rings (SSSR count). The molecular weight excluding hydrogens is 454 g/mol. The van der Waals surface area contributed by atoms with Gasteiger partial charge in [0.15, 0.2) is 5.78 Å². The van der Waals surface area contributed by atoms with Crippen LogP contribution in [0.2, 0.25) is 0 Å². The third-order valence-electron chi connectivity index (χ3n) is 8.48. The van der Waals surface area contributed by atoms with Crippen LogP contribution in [0.1, 0.15) is 65.5 Å². The summed E-state index contributed by atoms with van der Waals surface area (Å²) in [4.78, 5) is 18.1. The fourth-order valence-electron chi connectivity index (χ4n) is 6.40. The summed E-state index contributed by atoms with van der Waals surface area (Å²) in [5, 5.41) is 0. The zero-order valence-electron chi connectivity index (χ0n) is 23.1. The van der Waals surface area contributed by atoms with Crippen LogP contribution >= 0.6 is 0 Å². The molecule has 2 aliphatic heterocycles. The Balaban J connectivity index is 1.43. The van der Waals surface area contributed by atoms with E-state index in [2.05, 4.69) is 112 Å². The highest BCUT2D eigenvalue weighted by molar-refractivity contribution is 6.11. The molecule has 0 spiro atoms. The van der Waals surface area contributed by atoms with E-state index >= 15 is 0 Å². The molecule has 4 heteroatoms. The molecule has 3 aliphatic rings. The number of hydrogen-bond donors (Lipinski definition) is 1. The Morgan fingerprint density at radius 3 is 1.84 bits per heavy atom. The first-order valence-corrected chi connectivity index (χ1v) is 13.5. The third kappa shape index (κ3) is 3.94. The molecule has 0 atom stereocenters. The van der Waals surface area contributed by atoms with E-state index in [1.54, 1.807) is 0 Å². The van der Waals surface area contributed by atoms with E-state index in [0.29, 0.717) is 0 Å². The molecule has 0 aromatic heterocycles. The maximum atomic E-state index is 13.4. The predicted molar refractivity (Wildman–Crippen MR) is 156 cm³/mol. The zero-order chi connectivity index (χ0) is 26.5. The number of para-hydroxylation sites is 1. The molecule has 192 valence electrons. The van der Waals surface area contributed by atoms with Crippen molar-refractivity contribution in [1.82, 2.24) is 0 Å². The van der Waals surface area contributed by atoms with Gasteiger partial charge in [-0.15, -0.1) is 0 Å². The summed E-state index contributed by atoms with van der Waals surface area (Å²) in [5.41, 5.74) is 15.9. The summed E-state index contributed by atoms with van der Waals surface area (Å²) in [7, 11) is 0. The minimum Gasteiger partial charge on any atom is -0.399 e. The number of carbonyl (C=O) groups excluding carboxylic acids is 1.